The van der Waals surface area contributed by atoms with Crippen LogP contribution in [0.5, 0.6) is 0 Å². The van der Waals surface area contributed by atoms with Gasteiger partial charge in [-0.05, 0) is 48.4 Å². The van der Waals surface area contributed by atoms with Crippen molar-refractivity contribution < 1.29 is 32.3 Å². The summed E-state index contributed by atoms with van der Waals surface area (Å²) >= 11 is 12.6. The van der Waals surface area contributed by atoms with E-state index in [0.29, 0.717) is 11.1 Å². The predicted octanol–water partition coefficient (Wildman–Crippen LogP) is 5.20. The minimum absolute atomic E-state index is 0.00641. The summed E-state index contributed by atoms with van der Waals surface area (Å²) in [6, 6.07) is 5.46. The van der Waals surface area contributed by atoms with Gasteiger partial charge >= 0.3 is 6.09 Å². The second-order valence-electron chi connectivity index (χ2n) is 9.78. The predicted molar refractivity (Wildman–Crippen MR) is 153 cm³/mol. The maximum Gasteiger partial charge on any atom is 0.404 e. The van der Waals surface area contributed by atoms with Crippen molar-refractivity contribution in [3.05, 3.63) is 80.7 Å². The molecule has 13 heteroatoms. The first-order chi connectivity index (χ1) is 18.6. The van der Waals surface area contributed by atoms with E-state index in [2.05, 4.69) is 10.0 Å². The first kappa shape index (κ1) is 31.1. The summed E-state index contributed by atoms with van der Waals surface area (Å²) in [6.45, 7) is 4.70. The molecule has 9 nitrogen and oxygen atoms in total. The number of anilines is 1. The van der Waals surface area contributed by atoms with Crippen molar-refractivity contribution in [2.75, 3.05) is 24.1 Å². The minimum atomic E-state index is -3.77. The lowest BCUT2D eigenvalue weighted by Gasteiger charge is -2.39. The molecule has 1 heterocycles. The zero-order chi connectivity index (χ0) is 30.0. The van der Waals surface area contributed by atoms with Gasteiger partial charge in [0, 0.05) is 41.9 Å². The fourth-order valence-electron chi connectivity index (χ4n) is 4.26. The van der Waals surface area contributed by atoms with Crippen molar-refractivity contribution >= 4 is 62.6 Å². The maximum absolute atomic E-state index is 13.8. The van der Waals surface area contributed by atoms with Crippen LogP contribution in [0.2, 0.25) is 10.0 Å². The minimum Gasteiger partial charge on any atom is -0.465 e. The molecule has 0 saturated heterocycles. The monoisotopic (exact) mass is 611 g/mol. The lowest BCUT2D eigenvalue weighted by molar-refractivity contribution is -0.116. The molecule has 3 rings (SSSR count). The number of ketones is 1. The van der Waals surface area contributed by atoms with Gasteiger partial charge in [-0.25, -0.2) is 17.6 Å². The fourth-order valence-corrected chi connectivity index (χ4v) is 5.43. The second kappa shape index (κ2) is 12.0. The van der Waals surface area contributed by atoms with E-state index in [1.165, 1.54) is 25.1 Å². The third kappa shape index (κ3) is 6.83. The number of carboxylic acid groups (broad SMARTS) is 1. The lowest BCUT2D eigenvalue weighted by atomic mass is 9.80. The molecule has 0 fully saturated rings. The number of sulfonamides is 1. The van der Waals surface area contributed by atoms with Crippen LogP contribution in [0.1, 0.15) is 42.3 Å². The van der Waals surface area contributed by atoms with Gasteiger partial charge in [0.25, 0.3) is 0 Å². The summed E-state index contributed by atoms with van der Waals surface area (Å²) in [6.07, 6.45) is 2.84. The Balaban J connectivity index is 2.31. The van der Waals surface area contributed by atoms with E-state index in [9.17, 15) is 32.3 Å². The molecule has 0 radical (unpaired) electrons. The van der Waals surface area contributed by atoms with Crippen molar-refractivity contribution in [3.8, 4) is 0 Å². The highest BCUT2D eigenvalue weighted by Gasteiger charge is 2.34. The van der Waals surface area contributed by atoms with Crippen molar-refractivity contribution in [1.29, 1.82) is 0 Å². The first-order valence-electron chi connectivity index (χ1n) is 12.0. The van der Waals surface area contributed by atoms with Gasteiger partial charge in [0.1, 0.15) is 12.1 Å². The van der Waals surface area contributed by atoms with E-state index < -0.39 is 39.2 Å². The summed E-state index contributed by atoms with van der Waals surface area (Å²) < 4.78 is 40.9. The number of amides is 1. The van der Waals surface area contributed by atoms with E-state index in [4.69, 9.17) is 23.2 Å². The molecule has 1 aliphatic heterocycles. The average molecular weight is 613 g/mol. The number of nitrogens with zero attached hydrogens (tertiary/aromatic N) is 1. The van der Waals surface area contributed by atoms with E-state index in [-0.39, 0.29) is 44.7 Å². The van der Waals surface area contributed by atoms with Crippen LogP contribution in [-0.4, -0.2) is 62.0 Å². The molecule has 3 N–H and O–H groups in total. The van der Waals surface area contributed by atoms with E-state index in [1.54, 1.807) is 38.1 Å². The quantitative estimate of drug-likeness (QED) is 0.248. The molecule has 0 saturated carbocycles. The summed E-state index contributed by atoms with van der Waals surface area (Å²) in [5, 5.41) is 11.4. The van der Waals surface area contributed by atoms with Gasteiger partial charge in [0.05, 0.1) is 27.5 Å². The Morgan fingerprint density at radius 3 is 2.40 bits per heavy atom. The molecular formula is C27H28Cl2FN3O6S. The zero-order valence-electron chi connectivity index (χ0n) is 22.1. The second-order valence-corrected chi connectivity index (χ2v) is 12.6. The lowest BCUT2D eigenvalue weighted by Crippen LogP contribution is -2.43. The Labute approximate surface area is 241 Å². The number of carbonyl (C=O) groups excluding carboxylic acids is 2. The highest BCUT2D eigenvalue weighted by Crippen LogP contribution is 2.39. The Hall–Kier alpha value is -3.41. The van der Waals surface area contributed by atoms with Crippen LogP contribution < -0.4 is 10.0 Å². The third-order valence-corrected chi connectivity index (χ3v) is 8.35. The highest BCUT2D eigenvalue weighted by molar-refractivity contribution is 7.92. The fraction of sp³-hybridized carbons (Fsp3) is 0.296. The normalized spacial score (nSPS) is 15.7. The van der Waals surface area contributed by atoms with Gasteiger partial charge in [-0.3, -0.25) is 9.52 Å². The summed E-state index contributed by atoms with van der Waals surface area (Å²) in [5.74, 6) is -1.52. The molecule has 1 amide bonds. The molecule has 0 aromatic heterocycles. The number of hydrogen-bond acceptors (Lipinski definition) is 6. The average Bonchev–Trinajstić information content (AvgIpc) is 2.88. The molecule has 1 atom stereocenters. The molecule has 2 aromatic carbocycles. The largest absolute Gasteiger partial charge is 0.465 e. The molecule has 0 spiro atoms. The SMILES string of the molecule is CCS(=O)(=O)Nc1cc(C2=CN(C)C(C(C)(C)C=O)C=C2CNC(=O)O)c(C(=O)c2ccc(F)cc2Cl)cc1Cl. The van der Waals surface area contributed by atoms with Gasteiger partial charge in [0.15, 0.2) is 5.78 Å². The first-order valence-corrected chi connectivity index (χ1v) is 14.4. The van der Waals surface area contributed by atoms with Crippen molar-refractivity contribution in [3.63, 3.8) is 0 Å². The third-order valence-electron chi connectivity index (χ3n) is 6.44. The summed E-state index contributed by atoms with van der Waals surface area (Å²) in [4.78, 5) is 38.7. The summed E-state index contributed by atoms with van der Waals surface area (Å²) in [5.41, 5.74) is 0.0951. The number of nitrogens with one attached hydrogen (secondary N) is 2. The van der Waals surface area contributed by atoms with E-state index in [0.717, 1.165) is 18.4 Å². The molecule has 2 aromatic rings. The van der Waals surface area contributed by atoms with E-state index in [1.807, 2.05) is 0 Å². The molecule has 0 bridgehead atoms. The molecular weight excluding hydrogens is 584 g/mol. The Bertz CT molecular complexity index is 1540. The smallest absolute Gasteiger partial charge is 0.404 e. The van der Waals surface area contributed by atoms with Crippen LogP contribution in [0.15, 0.2) is 48.2 Å². The van der Waals surface area contributed by atoms with Gasteiger partial charge in [-0.15, -0.1) is 0 Å². The van der Waals surface area contributed by atoms with Gasteiger partial charge in [0.2, 0.25) is 10.0 Å². The molecule has 1 aliphatic rings. The number of aldehydes is 1. The summed E-state index contributed by atoms with van der Waals surface area (Å²) in [7, 11) is -2.06. The van der Waals surface area contributed by atoms with Crippen LogP contribution in [0.3, 0.4) is 0 Å². The molecule has 1 unspecified atom stereocenters. The molecule has 214 valence electrons. The van der Waals surface area contributed by atoms with Gasteiger partial charge in [-0.1, -0.05) is 43.1 Å². The number of likely N-dealkylation sites (N-methyl/N-ethyl adjacent to an activating group) is 1. The number of halogens is 3. The Kier molecular flexibility index (Phi) is 9.33. The Morgan fingerprint density at radius 1 is 1.15 bits per heavy atom. The number of benzene rings is 2. The van der Waals surface area contributed by atoms with Gasteiger partial charge < -0.3 is 20.1 Å². The topological polar surface area (TPSA) is 133 Å². The van der Waals surface area contributed by atoms with Crippen LogP contribution in [0, 0.1) is 11.2 Å². The Morgan fingerprint density at radius 2 is 1.82 bits per heavy atom. The standard InChI is InChI=1S/C27H28Cl2FN3O6S/c1-5-40(38,39)32-23-11-18(19(10-22(23)29)25(35)17-7-6-16(30)9-21(17)28)20-13-33(4)24(27(2,3)14-34)8-15(20)12-31-26(36)37/h6-11,13-14,24,31-32H,5,12H2,1-4H3,(H,36,37). The van der Waals surface area contributed by atoms with Crippen LogP contribution in [0.25, 0.3) is 5.57 Å². The van der Waals surface area contributed by atoms with E-state index >= 15 is 0 Å². The number of hydrogen-bond donors (Lipinski definition) is 3. The van der Waals surface area contributed by atoms with Crippen molar-refractivity contribution in [2.24, 2.45) is 5.41 Å². The van der Waals surface area contributed by atoms with Crippen LogP contribution >= 0.6 is 23.2 Å². The highest BCUT2D eigenvalue weighted by atomic mass is 35.5. The molecule has 40 heavy (non-hydrogen) atoms. The number of carbonyl (C=O) groups is 3. The molecule has 0 aliphatic carbocycles. The zero-order valence-corrected chi connectivity index (χ0v) is 24.4. The maximum atomic E-state index is 13.8. The van der Waals surface area contributed by atoms with Gasteiger partial charge in [-0.2, -0.15) is 0 Å². The van der Waals surface area contributed by atoms with Crippen LogP contribution in [0.4, 0.5) is 14.9 Å². The number of rotatable bonds is 10. The van der Waals surface area contributed by atoms with Crippen molar-refractivity contribution in [1.82, 2.24) is 10.2 Å². The van der Waals surface area contributed by atoms with Crippen LogP contribution in [-0.2, 0) is 14.8 Å². The van der Waals surface area contributed by atoms with Crippen molar-refractivity contribution in [2.45, 2.75) is 26.8 Å².